The van der Waals surface area contributed by atoms with Gasteiger partial charge in [-0.15, -0.1) is 0 Å². The van der Waals surface area contributed by atoms with E-state index in [0.29, 0.717) is 38.5 Å². The van der Waals surface area contributed by atoms with Crippen LogP contribution in [0.15, 0.2) is 12.5 Å². The zero-order chi connectivity index (χ0) is 12.3. The third-order valence-corrected chi connectivity index (χ3v) is 2.83. The van der Waals surface area contributed by atoms with Gasteiger partial charge in [0, 0.05) is 31.2 Å². The number of rotatable bonds is 5. The first kappa shape index (κ1) is 12.1. The third-order valence-electron chi connectivity index (χ3n) is 2.83. The number of hydrogen-bond acceptors (Lipinski definition) is 4. The Labute approximate surface area is 100 Å². The molecule has 0 saturated carbocycles. The molecule has 94 valence electrons. The normalized spacial score (nSPS) is 17.5. The van der Waals surface area contributed by atoms with Gasteiger partial charge in [-0.05, 0) is 0 Å². The van der Waals surface area contributed by atoms with Gasteiger partial charge in [-0.25, -0.2) is 4.98 Å². The number of nitrogens with zero attached hydrogens (tertiary/aromatic N) is 2. The largest absolute Gasteiger partial charge is 0.380 e. The van der Waals surface area contributed by atoms with E-state index >= 15 is 0 Å². The average molecular weight is 238 g/mol. The maximum absolute atomic E-state index is 11.8. The molecule has 1 aliphatic rings. The lowest BCUT2D eigenvalue weighted by atomic mass is 9.89. The molecule has 1 aliphatic heterocycles. The molecule has 2 heterocycles. The Kier molecular flexibility index (Phi) is 3.44. The average Bonchev–Trinajstić information content (AvgIpc) is 2.72. The van der Waals surface area contributed by atoms with Crippen LogP contribution in [0, 0.1) is 5.41 Å². The molecule has 1 saturated heterocycles. The van der Waals surface area contributed by atoms with Crippen LogP contribution in [-0.2, 0) is 11.3 Å². The van der Waals surface area contributed by atoms with Gasteiger partial charge in [0.2, 0.25) is 0 Å². The summed E-state index contributed by atoms with van der Waals surface area (Å²) in [7, 11) is 0. The molecule has 2 rings (SSSR count). The molecule has 0 atom stereocenters. The fraction of sp³-hybridized carbons (Fsp3) is 0.636. The highest BCUT2D eigenvalue weighted by molar-refractivity contribution is 5.92. The summed E-state index contributed by atoms with van der Waals surface area (Å²) in [5.74, 6) is -0.145. The summed E-state index contributed by atoms with van der Waals surface area (Å²) < 4.78 is 6.94. The Morgan fingerprint density at radius 3 is 3.06 bits per heavy atom. The van der Waals surface area contributed by atoms with Gasteiger partial charge in [-0.3, -0.25) is 4.79 Å². The molecule has 1 aromatic heterocycles. The van der Waals surface area contributed by atoms with Crippen molar-refractivity contribution in [3.8, 4) is 0 Å². The number of nitrogens with one attached hydrogen (secondary N) is 1. The molecule has 1 fully saturated rings. The summed E-state index contributed by atoms with van der Waals surface area (Å²) in [5, 5.41) is 2.87. The van der Waals surface area contributed by atoms with Crippen molar-refractivity contribution in [2.45, 2.75) is 13.5 Å². The summed E-state index contributed by atoms with van der Waals surface area (Å²) in [6.45, 7) is 5.32. The molecule has 0 aromatic carbocycles. The molecule has 3 N–H and O–H groups in total. The molecule has 1 aromatic rings. The van der Waals surface area contributed by atoms with Crippen LogP contribution in [-0.4, -0.2) is 41.8 Å². The Morgan fingerprint density at radius 2 is 2.47 bits per heavy atom. The van der Waals surface area contributed by atoms with E-state index in [2.05, 4.69) is 17.2 Å². The van der Waals surface area contributed by atoms with E-state index in [4.69, 9.17) is 10.5 Å². The molecule has 6 nitrogen and oxygen atoms in total. The van der Waals surface area contributed by atoms with Crippen LogP contribution < -0.4 is 11.1 Å². The first-order chi connectivity index (χ1) is 8.13. The van der Waals surface area contributed by atoms with Gasteiger partial charge in [-0.2, -0.15) is 0 Å². The Bertz CT molecular complexity index is 398. The van der Waals surface area contributed by atoms with E-state index in [1.165, 1.54) is 0 Å². The fourth-order valence-corrected chi connectivity index (χ4v) is 1.69. The molecule has 0 radical (unpaired) electrons. The molecule has 0 spiro atoms. The highest BCUT2D eigenvalue weighted by Crippen LogP contribution is 2.25. The van der Waals surface area contributed by atoms with Gasteiger partial charge in [-0.1, -0.05) is 6.92 Å². The number of amides is 1. The minimum Gasteiger partial charge on any atom is -0.380 e. The summed E-state index contributed by atoms with van der Waals surface area (Å²) in [5.41, 5.74) is 5.94. The molecule has 0 bridgehead atoms. The lowest BCUT2D eigenvalue weighted by Gasteiger charge is -2.37. The number of aromatic nitrogens is 2. The zero-order valence-electron chi connectivity index (χ0n) is 9.98. The van der Waals surface area contributed by atoms with E-state index in [0.717, 1.165) is 0 Å². The third kappa shape index (κ3) is 2.83. The predicted molar refractivity (Wildman–Crippen MR) is 62.5 cm³/mol. The minimum atomic E-state index is -0.145. The first-order valence-corrected chi connectivity index (χ1v) is 5.71. The SMILES string of the molecule is CC1(CNC(=O)c2cn(CCN)cn2)COC1. The summed E-state index contributed by atoms with van der Waals surface area (Å²) in [4.78, 5) is 15.8. The van der Waals surface area contributed by atoms with Gasteiger partial charge in [0.05, 0.1) is 19.5 Å². The Morgan fingerprint density at radius 1 is 1.71 bits per heavy atom. The standard InChI is InChI=1S/C11H18N4O2/c1-11(6-17-7-11)5-13-10(16)9-4-15(3-2-12)8-14-9/h4,8H,2-3,5-7,12H2,1H3,(H,13,16). The summed E-state index contributed by atoms with van der Waals surface area (Å²) in [6, 6.07) is 0. The van der Waals surface area contributed by atoms with Crippen molar-refractivity contribution in [3.63, 3.8) is 0 Å². The number of carbonyl (C=O) groups excluding carboxylic acids is 1. The number of nitrogens with two attached hydrogens (primary N) is 1. The van der Waals surface area contributed by atoms with Crippen LogP contribution in [0.1, 0.15) is 17.4 Å². The second-order valence-corrected chi connectivity index (χ2v) is 4.77. The van der Waals surface area contributed by atoms with Crippen LogP contribution in [0.4, 0.5) is 0 Å². The molecule has 0 unspecified atom stereocenters. The maximum Gasteiger partial charge on any atom is 0.271 e. The fourth-order valence-electron chi connectivity index (χ4n) is 1.69. The van der Waals surface area contributed by atoms with Gasteiger partial charge >= 0.3 is 0 Å². The van der Waals surface area contributed by atoms with Crippen molar-refractivity contribution >= 4 is 5.91 Å². The second-order valence-electron chi connectivity index (χ2n) is 4.77. The van der Waals surface area contributed by atoms with E-state index in [9.17, 15) is 4.79 Å². The van der Waals surface area contributed by atoms with E-state index in [-0.39, 0.29) is 11.3 Å². The van der Waals surface area contributed by atoms with Gasteiger partial charge in [0.15, 0.2) is 0 Å². The van der Waals surface area contributed by atoms with Crippen molar-refractivity contribution < 1.29 is 9.53 Å². The van der Waals surface area contributed by atoms with Crippen LogP contribution in [0.2, 0.25) is 0 Å². The van der Waals surface area contributed by atoms with Crippen molar-refractivity contribution in [3.05, 3.63) is 18.2 Å². The summed E-state index contributed by atoms with van der Waals surface area (Å²) in [6.07, 6.45) is 3.33. The van der Waals surface area contributed by atoms with E-state index in [1.54, 1.807) is 12.5 Å². The smallest absolute Gasteiger partial charge is 0.271 e. The van der Waals surface area contributed by atoms with Crippen molar-refractivity contribution in [2.24, 2.45) is 11.1 Å². The highest BCUT2D eigenvalue weighted by Gasteiger charge is 2.33. The van der Waals surface area contributed by atoms with Gasteiger partial charge in [0.1, 0.15) is 5.69 Å². The quantitative estimate of drug-likeness (QED) is 0.732. The van der Waals surface area contributed by atoms with Crippen molar-refractivity contribution in [1.82, 2.24) is 14.9 Å². The summed E-state index contributed by atoms with van der Waals surface area (Å²) >= 11 is 0. The topological polar surface area (TPSA) is 82.2 Å². The molecule has 6 heteroatoms. The Hall–Kier alpha value is -1.40. The maximum atomic E-state index is 11.8. The molecule has 0 aliphatic carbocycles. The van der Waals surface area contributed by atoms with Crippen molar-refractivity contribution in [2.75, 3.05) is 26.3 Å². The van der Waals surface area contributed by atoms with Crippen LogP contribution in [0.3, 0.4) is 0 Å². The predicted octanol–water partition coefficient (Wildman–Crippen LogP) is -0.392. The number of ether oxygens (including phenoxy) is 1. The zero-order valence-corrected chi connectivity index (χ0v) is 9.98. The first-order valence-electron chi connectivity index (χ1n) is 5.71. The van der Waals surface area contributed by atoms with Crippen LogP contribution in [0.25, 0.3) is 0 Å². The monoisotopic (exact) mass is 238 g/mol. The molecule has 1 amide bonds. The highest BCUT2D eigenvalue weighted by atomic mass is 16.5. The van der Waals surface area contributed by atoms with Crippen LogP contribution in [0.5, 0.6) is 0 Å². The second kappa shape index (κ2) is 4.85. The number of imidazole rings is 1. The number of hydrogen-bond donors (Lipinski definition) is 2. The minimum absolute atomic E-state index is 0.0789. The lowest BCUT2D eigenvalue weighted by molar-refractivity contribution is -0.0978. The van der Waals surface area contributed by atoms with Crippen molar-refractivity contribution in [1.29, 1.82) is 0 Å². The molecular formula is C11H18N4O2. The van der Waals surface area contributed by atoms with E-state index < -0.39 is 0 Å². The molecular weight excluding hydrogens is 220 g/mol. The van der Waals surface area contributed by atoms with Gasteiger partial charge < -0.3 is 20.4 Å². The lowest BCUT2D eigenvalue weighted by Crippen LogP contribution is -2.48. The van der Waals surface area contributed by atoms with E-state index in [1.807, 2.05) is 4.57 Å². The number of carbonyl (C=O) groups is 1. The van der Waals surface area contributed by atoms with Gasteiger partial charge in [0.25, 0.3) is 5.91 Å². The van der Waals surface area contributed by atoms with Crippen LogP contribution >= 0.6 is 0 Å². The Balaban J connectivity index is 1.85. The molecule has 17 heavy (non-hydrogen) atoms.